The molecule has 26 heavy (non-hydrogen) atoms. The molecule has 2 aromatic rings. The maximum absolute atomic E-state index is 11.3. The molecular formula is C19H23ClN2O3S. The average Bonchev–Trinajstić information content (AvgIpc) is 3.43. The second kappa shape index (κ2) is 7.96. The second-order valence-corrected chi connectivity index (χ2v) is 8.56. The Bertz CT molecular complexity index is 834. The van der Waals surface area contributed by atoms with E-state index in [1.54, 1.807) is 12.1 Å². The smallest absolute Gasteiger partial charge is 0.238 e. The van der Waals surface area contributed by atoms with E-state index in [1.165, 1.54) is 30.5 Å². The van der Waals surface area contributed by atoms with Crippen LogP contribution in [0.5, 0.6) is 5.75 Å². The predicted octanol–water partition coefficient (Wildman–Crippen LogP) is 3.59. The van der Waals surface area contributed by atoms with Crippen LogP contribution in [0.2, 0.25) is 5.02 Å². The fourth-order valence-electron chi connectivity index (χ4n) is 3.03. The van der Waals surface area contributed by atoms with E-state index in [9.17, 15) is 8.42 Å². The van der Waals surface area contributed by atoms with Crippen molar-refractivity contribution >= 4 is 21.6 Å². The van der Waals surface area contributed by atoms with Crippen LogP contribution in [0, 0.1) is 0 Å². The quantitative estimate of drug-likeness (QED) is 0.742. The number of nitrogens with zero attached hydrogens (tertiary/aromatic N) is 1. The molecule has 1 aliphatic rings. The zero-order chi connectivity index (χ0) is 18.7. The highest BCUT2D eigenvalue weighted by atomic mass is 35.5. The van der Waals surface area contributed by atoms with E-state index in [-0.39, 0.29) is 10.9 Å². The molecule has 7 heteroatoms. The largest absolute Gasteiger partial charge is 0.492 e. The Labute approximate surface area is 159 Å². The molecule has 2 N–H and O–H groups in total. The summed E-state index contributed by atoms with van der Waals surface area (Å²) in [5, 5.41) is 5.84. The minimum atomic E-state index is -3.67. The van der Waals surface area contributed by atoms with E-state index < -0.39 is 10.0 Å². The van der Waals surface area contributed by atoms with Gasteiger partial charge in [0.25, 0.3) is 0 Å². The molecular weight excluding hydrogens is 372 g/mol. The topological polar surface area (TPSA) is 72.6 Å². The fourth-order valence-corrected chi connectivity index (χ4v) is 3.67. The van der Waals surface area contributed by atoms with Gasteiger partial charge >= 0.3 is 0 Å². The number of ether oxygens (including phenoxy) is 1. The molecule has 140 valence electrons. The van der Waals surface area contributed by atoms with Gasteiger partial charge in [-0.05, 0) is 61.7 Å². The highest BCUT2D eigenvalue weighted by molar-refractivity contribution is 7.89. The first-order chi connectivity index (χ1) is 12.3. The molecule has 0 amide bonds. The van der Waals surface area contributed by atoms with Gasteiger partial charge in [-0.1, -0.05) is 23.7 Å². The normalized spacial score (nSPS) is 15.8. The van der Waals surface area contributed by atoms with Crippen molar-refractivity contribution in [2.75, 3.05) is 13.2 Å². The molecule has 0 heterocycles. The summed E-state index contributed by atoms with van der Waals surface area (Å²) in [5.74, 6) is 0.632. The minimum Gasteiger partial charge on any atom is -0.492 e. The molecule has 0 radical (unpaired) electrons. The lowest BCUT2D eigenvalue weighted by atomic mass is 10.1. The zero-order valence-corrected chi connectivity index (χ0v) is 16.2. The first kappa shape index (κ1) is 19.2. The van der Waals surface area contributed by atoms with Crippen LogP contribution < -0.4 is 9.88 Å². The molecule has 5 nitrogen and oxygen atoms in total. The van der Waals surface area contributed by atoms with E-state index in [0.29, 0.717) is 18.4 Å². The lowest BCUT2D eigenvalue weighted by Gasteiger charge is -2.29. The molecule has 0 bridgehead atoms. The van der Waals surface area contributed by atoms with Crippen LogP contribution in [-0.2, 0) is 10.0 Å². The SMILES string of the molecule is CC(c1ccc(Cl)cc1)N(CCOc1ccc(S(N)(=O)=O)cc1)C1CC1. The molecule has 0 aromatic heterocycles. The molecule has 1 unspecified atom stereocenters. The van der Waals surface area contributed by atoms with Crippen LogP contribution in [0.3, 0.4) is 0 Å². The van der Waals surface area contributed by atoms with Gasteiger partial charge in [0, 0.05) is 23.7 Å². The van der Waals surface area contributed by atoms with E-state index >= 15 is 0 Å². The average molecular weight is 395 g/mol. The van der Waals surface area contributed by atoms with Gasteiger partial charge in [-0.25, -0.2) is 13.6 Å². The van der Waals surface area contributed by atoms with E-state index in [0.717, 1.165) is 11.6 Å². The summed E-state index contributed by atoms with van der Waals surface area (Å²) in [6.45, 7) is 3.52. The number of sulfonamides is 1. The number of nitrogens with two attached hydrogens (primary N) is 1. The maximum atomic E-state index is 11.3. The van der Waals surface area contributed by atoms with Crippen molar-refractivity contribution in [3.63, 3.8) is 0 Å². The molecule has 1 aliphatic carbocycles. The van der Waals surface area contributed by atoms with Crippen LogP contribution in [-0.4, -0.2) is 32.5 Å². The molecule has 3 rings (SSSR count). The van der Waals surface area contributed by atoms with Crippen LogP contribution >= 0.6 is 11.6 Å². The fraction of sp³-hybridized carbons (Fsp3) is 0.368. The van der Waals surface area contributed by atoms with Crippen LogP contribution in [0.25, 0.3) is 0 Å². The van der Waals surface area contributed by atoms with Crippen molar-refractivity contribution in [2.45, 2.75) is 36.7 Å². The van der Waals surface area contributed by atoms with Crippen LogP contribution in [0.15, 0.2) is 53.4 Å². The van der Waals surface area contributed by atoms with Crippen molar-refractivity contribution in [3.8, 4) is 5.75 Å². The first-order valence-corrected chi connectivity index (χ1v) is 10.5. The summed E-state index contributed by atoms with van der Waals surface area (Å²) in [4.78, 5) is 2.53. The lowest BCUT2D eigenvalue weighted by molar-refractivity contribution is 0.160. The Hall–Kier alpha value is -1.60. The Morgan fingerprint density at radius 2 is 1.77 bits per heavy atom. The summed E-state index contributed by atoms with van der Waals surface area (Å²) < 4.78 is 28.4. The first-order valence-electron chi connectivity index (χ1n) is 8.61. The minimum absolute atomic E-state index is 0.0841. The van der Waals surface area contributed by atoms with Crippen molar-refractivity contribution in [2.24, 2.45) is 5.14 Å². The van der Waals surface area contributed by atoms with Crippen molar-refractivity contribution < 1.29 is 13.2 Å². The van der Waals surface area contributed by atoms with E-state index in [4.69, 9.17) is 21.5 Å². The van der Waals surface area contributed by atoms with Gasteiger partial charge < -0.3 is 4.74 Å². The number of hydrogen-bond acceptors (Lipinski definition) is 4. The Morgan fingerprint density at radius 1 is 1.15 bits per heavy atom. The number of halogens is 1. The summed E-state index contributed by atoms with van der Waals surface area (Å²) in [5.41, 5.74) is 1.24. The van der Waals surface area contributed by atoms with Crippen molar-refractivity contribution in [1.82, 2.24) is 4.90 Å². The predicted molar refractivity (Wildman–Crippen MR) is 103 cm³/mol. The van der Waals surface area contributed by atoms with E-state index in [1.807, 2.05) is 12.1 Å². The standard InChI is InChI=1S/C19H23ClN2O3S/c1-14(15-2-4-16(20)5-3-15)22(17-6-7-17)12-13-25-18-8-10-19(11-9-18)26(21,23)24/h2-5,8-11,14,17H,6-7,12-13H2,1H3,(H2,21,23,24). The monoisotopic (exact) mass is 394 g/mol. The molecule has 0 saturated heterocycles. The van der Waals surface area contributed by atoms with Crippen LogP contribution in [0.4, 0.5) is 0 Å². The maximum Gasteiger partial charge on any atom is 0.238 e. The highest BCUT2D eigenvalue weighted by Gasteiger charge is 2.32. The Morgan fingerprint density at radius 3 is 2.31 bits per heavy atom. The molecule has 1 fully saturated rings. The second-order valence-electron chi connectivity index (χ2n) is 6.56. The molecule has 0 aliphatic heterocycles. The summed E-state index contributed by atoms with van der Waals surface area (Å²) in [7, 11) is -3.67. The summed E-state index contributed by atoms with van der Waals surface area (Å²) in [6, 6.07) is 15.0. The summed E-state index contributed by atoms with van der Waals surface area (Å²) in [6.07, 6.45) is 2.42. The summed E-state index contributed by atoms with van der Waals surface area (Å²) >= 11 is 5.98. The van der Waals surface area contributed by atoms with Gasteiger partial charge in [-0.3, -0.25) is 4.90 Å². The lowest BCUT2D eigenvalue weighted by Crippen LogP contribution is -2.33. The number of benzene rings is 2. The van der Waals surface area contributed by atoms with Gasteiger partial charge in [0.15, 0.2) is 0 Å². The highest BCUT2D eigenvalue weighted by Crippen LogP contribution is 2.34. The molecule has 1 atom stereocenters. The Balaban J connectivity index is 1.58. The molecule has 1 saturated carbocycles. The number of rotatable bonds is 8. The molecule has 2 aromatic carbocycles. The third kappa shape index (κ3) is 4.98. The van der Waals surface area contributed by atoms with Gasteiger partial charge in [-0.2, -0.15) is 0 Å². The van der Waals surface area contributed by atoms with Gasteiger partial charge in [0.1, 0.15) is 12.4 Å². The van der Waals surface area contributed by atoms with Crippen molar-refractivity contribution in [3.05, 3.63) is 59.1 Å². The molecule has 0 spiro atoms. The zero-order valence-electron chi connectivity index (χ0n) is 14.6. The number of primary sulfonamides is 1. The van der Waals surface area contributed by atoms with Gasteiger partial charge in [0.2, 0.25) is 10.0 Å². The van der Waals surface area contributed by atoms with E-state index in [2.05, 4.69) is 24.0 Å². The van der Waals surface area contributed by atoms with Gasteiger partial charge in [-0.15, -0.1) is 0 Å². The third-order valence-corrected chi connectivity index (χ3v) is 5.82. The van der Waals surface area contributed by atoms with Crippen molar-refractivity contribution in [1.29, 1.82) is 0 Å². The number of hydrogen-bond donors (Lipinski definition) is 1. The Kier molecular flexibility index (Phi) is 5.87. The third-order valence-electron chi connectivity index (χ3n) is 4.64. The van der Waals surface area contributed by atoms with Crippen LogP contribution in [0.1, 0.15) is 31.4 Å². The van der Waals surface area contributed by atoms with Gasteiger partial charge in [0.05, 0.1) is 4.90 Å².